The summed E-state index contributed by atoms with van der Waals surface area (Å²) in [6.07, 6.45) is 11.2. The lowest BCUT2D eigenvalue weighted by Gasteiger charge is -2.25. The smallest absolute Gasteiger partial charge is 0.139 e. The molecule has 0 spiro atoms. The zero-order valence-corrected chi connectivity index (χ0v) is 11.6. The summed E-state index contributed by atoms with van der Waals surface area (Å²) in [5.41, 5.74) is 6.08. The van der Waals surface area contributed by atoms with Crippen LogP contribution in [0.15, 0.2) is 40.9 Å². The maximum atomic E-state index is 4.55. The summed E-state index contributed by atoms with van der Waals surface area (Å²) < 4.78 is 2.34. The molecule has 5 nitrogen and oxygen atoms in total. The van der Waals surface area contributed by atoms with Crippen LogP contribution in [-0.2, 0) is 0 Å². The lowest BCUT2D eigenvalue weighted by Crippen LogP contribution is -2.14. The molecule has 0 bridgehead atoms. The maximum Gasteiger partial charge on any atom is 0.139 e. The molecule has 5 heteroatoms. The van der Waals surface area contributed by atoms with E-state index in [-0.39, 0.29) is 0 Å². The summed E-state index contributed by atoms with van der Waals surface area (Å²) in [5.74, 6) is 0. The molecule has 1 unspecified atom stereocenters. The average molecular weight is 277 g/mol. The Morgan fingerprint density at radius 2 is 2.29 bits per heavy atom. The Kier molecular flexibility index (Phi) is 2.16. The largest absolute Gasteiger partial charge is 0.346 e. The standard InChI is InChI=1S/C16H15N5/c1-2-12(5-11-7-17-6-10(1)11)21-9-20-14-8-19-16-13(15(14)21)3-4-18-16/h3-4,7-9,12H,1-2,5-6H2,(H,18,19). The van der Waals surface area contributed by atoms with Gasteiger partial charge in [-0.05, 0) is 36.5 Å². The summed E-state index contributed by atoms with van der Waals surface area (Å²) >= 11 is 0. The number of nitrogens with one attached hydrogen (secondary N) is 1. The number of hydrogen-bond acceptors (Lipinski definition) is 3. The molecule has 3 aromatic rings. The number of aromatic amines is 1. The highest BCUT2D eigenvalue weighted by Crippen LogP contribution is 2.36. The second-order valence-corrected chi connectivity index (χ2v) is 5.88. The van der Waals surface area contributed by atoms with E-state index in [4.69, 9.17) is 0 Å². The van der Waals surface area contributed by atoms with E-state index in [1.807, 2.05) is 18.7 Å². The summed E-state index contributed by atoms with van der Waals surface area (Å²) in [4.78, 5) is 16.6. The molecule has 5 rings (SSSR count). The zero-order valence-electron chi connectivity index (χ0n) is 11.6. The third kappa shape index (κ3) is 1.54. The molecular formula is C16H15N5. The van der Waals surface area contributed by atoms with Crippen molar-refractivity contribution in [2.24, 2.45) is 4.99 Å². The van der Waals surface area contributed by atoms with E-state index in [9.17, 15) is 0 Å². The number of aromatic nitrogens is 4. The molecule has 0 amide bonds. The quantitative estimate of drug-likeness (QED) is 0.743. The van der Waals surface area contributed by atoms with Crippen molar-refractivity contribution in [3.05, 3.63) is 35.9 Å². The van der Waals surface area contributed by atoms with Gasteiger partial charge in [-0.1, -0.05) is 0 Å². The Balaban J connectivity index is 1.68. The molecular weight excluding hydrogens is 262 g/mol. The summed E-state index contributed by atoms with van der Waals surface area (Å²) in [6.45, 7) is 0.915. The molecule has 0 saturated carbocycles. The van der Waals surface area contributed by atoms with Crippen molar-refractivity contribution in [1.29, 1.82) is 0 Å². The fourth-order valence-electron chi connectivity index (χ4n) is 3.64. The number of aliphatic imine (C=N–C) groups is 1. The molecule has 2 aliphatic rings. The molecule has 1 atom stereocenters. The van der Waals surface area contributed by atoms with Crippen molar-refractivity contribution in [3.63, 3.8) is 0 Å². The summed E-state index contributed by atoms with van der Waals surface area (Å²) in [6, 6.07) is 2.56. The molecule has 4 heterocycles. The van der Waals surface area contributed by atoms with Crippen LogP contribution < -0.4 is 0 Å². The fraction of sp³-hybridized carbons (Fsp3) is 0.312. The minimum atomic E-state index is 0.471. The van der Waals surface area contributed by atoms with E-state index in [0.29, 0.717) is 6.04 Å². The van der Waals surface area contributed by atoms with E-state index in [2.05, 4.69) is 36.8 Å². The van der Waals surface area contributed by atoms with Gasteiger partial charge in [-0.3, -0.25) is 4.99 Å². The highest BCUT2D eigenvalue weighted by Gasteiger charge is 2.25. The maximum absolute atomic E-state index is 4.55. The number of H-pyrrole nitrogens is 1. The third-order valence-electron chi connectivity index (χ3n) is 4.73. The second-order valence-electron chi connectivity index (χ2n) is 5.88. The fourth-order valence-corrected chi connectivity index (χ4v) is 3.64. The number of hydrogen-bond donors (Lipinski definition) is 1. The van der Waals surface area contributed by atoms with E-state index in [1.165, 1.54) is 23.1 Å². The van der Waals surface area contributed by atoms with E-state index < -0.39 is 0 Å². The monoisotopic (exact) mass is 277 g/mol. The van der Waals surface area contributed by atoms with Gasteiger partial charge in [0, 0.05) is 23.8 Å². The topological polar surface area (TPSA) is 58.9 Å². The first-order valence-electron chi connectivity index (χ1n) is 7.39. The lowest BCUT2D eigenvalue weighted by molar-refractivity contribution is 0.457. The highest BCUT2D eigenvalue weighted by molar-refractivity contribution is 6.01. The molecule has 0 fully saturated rings. The van der Waals surface area contributed by atoms with Gasteiger partial charge in [0.2, 0.25) is 0 Å². The molecule has 104 valence electrons. The molecule has 0 radical (unpaired) electrons. The van der Waals surface area contributed by atoms with E-state index in [1.54, 1.807) is 0 Å². The van der Waals surface area contributed by atoms with Crippen molar-refractivity contribution in [2.45, 2.75) is 25.3 Å². The van der Waals surface area contributed by atoms with Gasteiger partial charge in [-0.2, -0.15) is 0 Å². The minimum absolute atomic E-state index is 0.471. The number of nitrogens with zero attached hydrogens (tertiary/aromatic N) is 4. The molecule has 3 aromatic heterocycles. The first-order chi connectivity index (χ1) is 10.4. The number of rotatable bonds is 1. The van der Waals surface area contributed by atoms with Crippen LogP contribution in [0.2, 0.25) is 0 Å². The molecule has 1 aliphatic carbocycles. The van der Waals surface area contributed by atoms with E-state index >= 15 is 0 Å². The number of fused-ring (bicyclic) bond motifs is 3. The predicted molar refractivity (Wildman–Crippen MR) is 82.7 cm³/mol. The zero-order chi connectivity index (χ0) is 13.8. The minimum Gasteiger partial charge on any atom is -0.346 e. The van der Waals surface area contributed by atoms with Crippen LogP contribution in [0.5, 0.6) is 0 Å². The Morgan fingerprint density at radius 3 is 3.29 bits per heavy atom. The van der Waals surface area contributed by atoms with E-state index in [0.717, 1.165) is 35.9 Å². The number of pyridine rings is 1. The van der Waals surface area contributed by atoms with Crippen molar-refractivity contribution >= 4 is 28.3 Å². The van der Waals surface area contributed by atoms with Crippen LogP contribution in [-0.4, -0.2) is 32.3 Å². The summed E-state index contributed by atoms with van der Waals surface area (Å²) in [7, 11) is 0. The predicted octanol–water partition coefficient (Wildman–Crippen LogP) is 3.02. The first kappa shape index (κ1) is 11.3. The molecule has 1 N–H and O–H groups in total. The van der Waals surface area contributed by atoms with Crippen LogP contribution in [0.25, 0.3) is 22.1 Å². The Labute approximate surface area is 121 Å². The van der Waals surface area contributed by atoms with Crippen molar-refractivity contribution in [3.8, 4) is 0 Å². The van der Waals surface area contributed by atoms with Gasteiger partial charge in [0.1, 0.15) is 11.2 Å². The van der Waals surface area contributed by atoms with Crippen molar-refractivity contribution in [2.75, 3.05) is 6.54 Å². The highest BCUT2D eigenvalue weighted by atomic mass is 15.1. The van der Waals surface area contributed by atoms with Gasteiger partial charge in [-0.15, -0.1) is 0 Å². The SMILES string of the molecule is C1=NCC2=C1CC(n1cnc3cnc4[nH]ccc4c31)CC2. The molecule has 0 saturated heterocycles. The van der Waals surface area contributed by atoms with Crippen LogP contribution in [0.1, 0.15) is 25.3 Å². The Hall–Kier alpha value is -2.43. The first-order valence-corrected chi connectivity index (χ1v) is 7.39. The average Bonchev–Trinajstić information content (AvgIpc) is 3.23. The lowest BCUT2D eigenvalue weighted by atomic mass is 9.90. The van der Waals surface area contributed by atoms with Gasteiger partial charge in [0.05, 0.1) is 24.6 Å². The third-order valence-corrected chi connectivity index (χ3v) is 4.73. The van der Waals surface area contributed by atoms with Crippen molar-refractivity contribution in [1.82, 2.24) is 19.5 Å². The molecule has 21 heavy (non-hydrogen) atoms. The number of allylic oxidation sites excluding steroid dienone is 1. The van der Waals surface area contributed by atoms with Crippen LogP contribution in [0, 0.1) is 0 Å². The van der Waals surface area contributed by atoms with Crippen molar-refractivity contribution < 1.29 is 0 Å². The molecule has 1 aliphatic heterocycles. The van der Waals surface area contributed by atoms with Gasteiger partial charge in [0.25, 0.3) is 0 Å². The second kappa shape index (κ2) is 4.04. The Morgan fingerprint density at radius 1 is 1.29 bits per heavy atom. The number of imidazole rings is 1. The van der Waals surface area contributed by atoms with Crippen LogP contribution >= 0.6 is 0 Å². The van der Waals surface area contributed by atoms with Gasteiger partial charge in [-0.25, -0.2) is 9.97 Å². The summed E-state index contributed by atoms with van der Waals surface area (Å²) in [5, 5.41) is 1.16. The van der Waals surface area contributed by atoms with Crippen LogP contribution in [0.4, 0.5) is 0 Å². The Bertz CT molecular complexity index is 911. The van der Waals surface area contributed by atoms with Gasteiger partial charge >= 0.3 is 0 Å². The molecule has 0 aromatic carbocycles. The van der Waals surface area contributed by atoms with Gasteiger partial charge < -0.3 is 9.55 Å². The van der Waals surface area contributed by atoms with Crippen LogP contribution in [0.3, 0.4) is 0 Å². The normalized spacial score (nSPS) is 21.6. The van der Waals surface area contributed by atoms with Gasteiger partial charge in [0.15, 0.2) is 0 Å².